The van der Waals surface area contributed by atoms with E-state index in [1.807, 2.05) is 0 Å². The summed E-state index contributed by atoms with van der Waals surface area (Å²) in [5.74, 6) is 0.540. The number of carbonyl (C=O) groups excluding carboxylic acids is 1. The number of Topliss-reactive ketones (excluding diaryl/α,β-unsaturated/α-hetero) is 1. The van der Waals surface area contributed by atoms with Crippen molar-refractivity contribution in [3.8, 4) is 0 Å². The van der Waals surface area contributed by atoms with Gasteiger partial charge in [0, 0.05) is 13.0 Å². The number of likely N-dealkylation sites (tertiary alicyclic amines) is 1. The maximum absolute atomic E-state index is 12.1. The van der Waals surface area contributed by atoms with E-state index in [1.165, 1.54) is 32.1 Å². The number of ketones is 1. The van der Waals surface area contributed by atoms with Gasteiger partial charge in [-0.15, -0.1) is 0 Å². The minimum absolute atomic E-state index is 0.0213. The summed E-state index contributed by atoms with van der Waals surface area (Å²) < 4.78 is 0. The first-order valence-corrected chi connectivity index (χ1v) is 6.58. The first-order valence-electron chi connectivity index (χ1n) is 6.58. The number of carbonyl (C=O) groups is 1. The van der Waals surface area contributed by atoms with Crippen LogP contribution < -0.4 is 0 Å². The Hall–Kier alpha value is -0.370. The predicted octanol–water partition coefficient (Wildman–Crippen LogP) is 2.76. The minimum Gasteiger partial charge on any atom is -0.298 e. The van der Waals surface area contributed by atoms with E-state index in [0.717, 1.165) is 32.4 Å². The Labute approximate surface area is 93.0 Å². The van der Waals surface area contributed by atoms with Crippen LogP contribution in [0.3, 0.4) is 0 Å². The van der Waals surface area contributed by atoms with Crippen LogP contribution in [0.15, 0.2) is 0 Å². The molecular formula is C13H23NO. The van der Waals surface area contributed by atoms with Crippen molar-refractivity contribution in [2.75, 3.05) is 13.1 Å². The van der Waals surface area contributed by atoms with E-state index in [-0.39, 0.29) is 5.54 Å². The fraction of sp³-hybridized carbons (Fsp3) is 0.923. The van der Waals surface area contributed by atoms with Crippen LogP contribution in [0, 0.1) is 0 Å². The topological polar surface area (TPSA) is 20.3 Å². The Morgan fingerprint density at radius 3 is 2.47 bits per heavy atom. The molecule has 15 heavy (non-hydrogen) atoms. The minimum atomic E-state index is -0.0213. The molecule has 1 saturated carbocycles. The molecule has 0 radical (unpaired) electrons. The zero-order chi connectivity index (χ0) is 10.7. The molecule has 0 aromatic heterocycles. The molecule has 0 amide bonds. The summed E-state index contributed by atoms with van der Waals surface area (Å²) in [5, 5.41) is 0. The van der Waals surface area contributed by atoms with Gasteiger partial charge in [-0.05, 0) is 25.8 Å². The van der Waals surface area contributed by atoms with Crippen molar-refractivity contribution in [2.45, 2.75) is 63.8 Å². The third-order valence-electron chi connectivity index (χ3n) is 4.16. The van der Waals surface area contributed by atoms with E-state index < -0.39 is 0 Å². The second-order valence-electron chi connectivity index (χ2n) is 5.11. The van der Waals surface area contributed by atoms with Gasteiger partial charge in [0.15, 0.2) is 5.78 Å². The fourth-order valence-corrected chi connectivity index (χ4v) is 3.36. The molecule has 1 spiro atoms. The lowest BCUT2D eigenvalue weighted by atomic mass is 9.86. The van der Waals surface area contributed by atoms with E-state index in [2.05, 4.69) is 11.8 Å². The maximum Gasteiger partial charge on any atom is 0.154 e. The standard InChI is InChI=1S/C13H23NO/c1-2-10-14-11-7-12(15)13(14)8-5-3-4-6-9-13/h2-11H2,1H3. The van der Waals surface area contributed by atoms with Gasteiger partial charge in [0.1, 0.15) is 0 Å². The molecule has 0 N–H and O–H groups in total. The van der Waals surface area contributed by atoms with Crippen LogP contribution in [-0.2, 0) is 4.79 Å². The van der Waals surface area contributed by atoms with Crippen molar-refractivity contribution in [1.82, 2.24) is 4.90 Å². The van der Waals surface area contributed by atoms with Crippen molar-refractivity contribution < 1.29 is 4.79 Å². The van der Waals surface area contributed by atoms with Gasteiger partial charge < -0.3 is 0 Å². The molecule has 1 aliphatic heterocycles. The molecule has 0 bridgehead atoms. The van der Waals surface area contributed by atoms with Crippen molar-refractivity contribution in [3.05, 3.63) is 0 Å². The molecular weight excluding hydrogens is 186 g/mol. The van der Waals surface area contributed by atoms with Crippen molar-refractivity contribution in [2.24, 2.45) is 0 Å². The highest BCUT2D eigenvalue weighted by Crippen LogP contribution is 2.38. The van der Waals surface area contributed by atoms with Crippen LogP contribution in [0.25, 0.3) is 0 Å². The van der Waals surface area contributed by atoms with E-state index in [1.54, 1.807) is 0 Å². The number of nitrogens with zero attached hydrogens (tertiary/aromatic N) is 1. The highest BCUT2D eigenvalue weighted by Gasteiger charge is 2.46. The van der Waals surface area contributed by atoms with Crippen molar-refractivity contribution in [3.63, 3.8) is 0 Å². The monoisotopic (exact) mass is 209 g/mol. The van der Waals surface area contributed by atoms with Crippen LogP contribution in [-0.4, -0.2) is 29.3 Å². The zero-order valence-electron chi connectivity index (χ0n) is 9.93. The molecule has 0 aromatic carbocycles. The Morgan fingerprint density at radius 1 is 1.20 bits per heavy atom. The fourth-order valence-electron chi connectivity index (χ4n) is 3.36. The number of hydrogen-bond acceptors (Lipinski definition) is 2. The summed E-state index contributed by atoms with van der Waals surface area (Å²) >= 11 is 0. The van der Waals surface area contributed by atoms with E-state index in [4.69, 9.17) is 0 Å². The van der Waals surface area contributed by atoms with Gasteiger partial charge in [0.25, 0.3) is 0 Å². The second kappa shape index (κ2) is 4.65. The average Bonchev–Trinajstić information content (AvgIpc) is 2.46. The van der Waals surface area contributed by atoms with Crippen molar-refractivity contribution >= 4 is 5.78 Å². The molecule has 1 saturated heterocycles. The highest BCUT2D eigenvalue weighted by molar-refractivity contribution is 5.90. The molecule has 2 rings (SSSR count). The van der Waals surface area contributed by atoms with Crippen LogP contribution in [0.2, 0.25) is 0 Å². The van der Waals surface area contributed by atoms with Gasteiger partial charge in [-0.3, -0.25) is 9.69 Å². The Morgan fingerprint density at radius 2 is 1.87 bits per heavy atom. The van der Waals surface area contributed by atoms with Crippen molar-refractivity contribution in [1.29, 1.82) is 0 Å². The molecule has 2 fully saturated rings. The molecule has 0 atom stereocenters. The molecule has 1 heterocycles. The first-order chi connectivity index (χ1) is 7.29. The quantitative estimate of drug-likeness (QED) is 0.697. The molecule has 86 valence electrons. The summed E-state index contributed by atoms with van der Waals surface area (Å²) in [6, 6.07) is 0. The van der Waals surface area contributed by atoms with Crippen LogP contribution >= 0.6 is 0 Å². The summed E-state index contributed by atoms with van der Waals surface area (Å²) in [6.07, 6.45) is 9.41. The van der Waals surface area contributed by atoms with E-state index in [0.29, 0.717) is 5.78 Å². The van der Waals surface area contributed by atoms with Gasteiger partial charge in [0.2, 0.25) is 0 Å². The summed E-state index contributed by atoms with van der Waals surface area (Å²) in [4.78, 5) is 14.6. The third kappa shape index (κ3) is 1.96. The smallest absolute Gasteiger partial charge is 0.154 e. The van der Waals surface area contributed by atoms with Gasteiger partial charge in [-0.2, -0.15) is 0 Å². The summed E-state index contributed by atoms with van der Waals surface area (Å²) in [6.45, 7) is 4.35. The molecule has 2 nitrogen and oxygen atoms in total. The average molecular weight is 209 g/mol. The second-order valence-corrected chi connectivity index (χ2v) is 5.11. The largest absolute Gasteiger partial charge is 0.298 e. The van der Waals surface area contributed by atoms with E-state index >= 15 is 0 Å². The predicted molar refractivity (Wildman–Crippen MR) is 61.9 cm³/mol. The summed E-state index contributed by atoms with van der Waals surface area (Å²) in [7, 11) is 0. The molecule has 2 aliphatic rings. The Balaban J connectivity index is 2.15. The number of hydrogen-bond donors (Lipinski definition) is 0. The van der Waals surface area contributed by atoms with Gasteiger partial charge >= 0.3 is 0 Å². The zero-order valence-corrected chi connectivity index (χ0v) is 9.93. The third-order valence-corrected chi connectivity index (χ3v) is 4.16. The summed E-state index contributed by atoms with van der Waals surface area (Å²) in [5.41, 5.74) is -0.0213. The highest BCUT2D eigenvalue weighted by atomic mass is 16.1. The van der Waals surface area contributed by atoms with Gasteiger partial charge in [-0.25, -0.2) is 0 Å². The number of rotatable bonds is 2. The van der Waals surface area contributed by atoms with Crippen LogP contribution in [0.1, 0.15) is 58.3 Å². The molecule has 1 aliphatic carbocycles. The van der Waals surface area contributed by atoms with Gasteiger partial charge in [0.05, 0.1) is 5.54 Å². The molecule has 2 heteroatoms. The van der Waals surface area contributed by atoms with Crippen LogP contribution in [0.4, 0.5) is 0 Å². The van der Waals surface area contributed by atoms with E-state index in [9.17, 15) is 4.79 Å². The first kappa shape index (κ1) is 11.1. The normalized spacial score (nSPS) is 27.1. The molecule has 0 unspecified atom stereocenters. The SMILES string of the molecule is CCCN1CCC(=O)C12CCCCCC2. The lowest BCUT2D eigenvalue weighted by Gasteiger charge is -2.36. The van der Waals surface area contributed by atoms with Crippen LogP contribution in [0.5, 0.6) is 0 Å². The van der Waals surface area contributed by atoms with Gasteiger partial charge in [-0.1, -0.05) is 32.6 Å². The maximum atomic E-state index is 12.1. The molecule has 0 aromatic rings. The Kier molecular flexibility index (Phi) is 3.45. The lowest BCUT2D eigenvalue weighted by Crippen LogP contribution is -2.48. The Bertz CT molecular complexity index is 229. The lowest BCUT2D eigenvalue weighted by molar-refractivity contribution is -0.125.